The molecule has 2 aromatic carbocycles. The molecule has 36 heavy (non-hydrogen) atoms. The van der Waals surface area contributed by atoms with Crippen LogP contribution in [0, 0.1) is 0 Å². The molecule has 4 rings (SSSR count). The van der Waals surface area contributed by atoms with E-state index in [0.717, 1.165) is 17.7 Å². The molecule has 2 aliphatic rings. The highest BCUT2D eigenvalue weighted by molar-refractivity contribution is 7.89. The number of hydrogen-bond donors (Lipinski definition) is 0. The molecule has 0 atom stereocenters. The molecule has 11 heteroatoms. The zero-order valence-electron chi connectivity index (χ0n) is 19.7. The number of rotatable bonds is 6. The van der Waals surface area contributed by atoms with E-state index in [1.54, 1.807) is 4.90 Å². The van der Waals surface area contributed by atoms with E-state index in [9.17, 15) is 26.4 Å². The Balaban J connectivity index is 1.22. The Labute approximate surface area is 208 Å². The summed E-state index contributed by atoms with van der Waals surface area (Å²) in [6, 6.07) is 13.8. The monoisotopic (exact) mass is 526 g/mol. The Morgan fingerprint density at radius 2 is 1.50 bits per heavy atom. The maximum absolute atomic E-state index is 13.2. The van der Waals surface area contributed by atoms with Gasteiger partial charge in [0.25, 0.3) is 0 Å². The van der Waals surface area contributed by atoms with Gasteiger partial charge in [-0.3, -0.25) is 0 Å². The molecule has 0 bridgehead atoms. The van der Waals surface area contributed by atoms with Crippen molar-refractivity contribution in [2.24, 2.45) is 0 Å². The first-order valence-electron chi connectivity index (χ1n) is 11.9. The molecule has 2 heterocycles. The van der Waals surface area contributed by atoms with E-state index in [4.69, 9.17) is 9.47 Å². The Kier molecular flexibility index (Phi) is 8.09. The zero-order valence-corrected chi connectivity index (χ0v) is 20.5. The number of piperidine rings is 2. The van der Waals surface area contributed by atoms with Crippen molar-refractivity contribution in [1.29, 1.82) is 0 Å². The fourth-order valence-corrected chi connectivity index (χ4v) is 6.42. The minimum absolute atomic E-state index is 0.168. The first kappa shape index (κ1) is 26.3. The summed E-state index contributed by atoms with van der Waals surface area (Å²) in [6.07, 6.45) is -3.55. The van der Waals surface area contributed by atoms with E-state index < -0.39 is 33.1 Å². The third-order valence-electron chi connectivity index (χ3n) is 6.57. The van der Waals surface area contributed by atoms with Gasteiger partial charge in [0.1, 0.15) is 18.5 Å². The summed E-state index contributed by atoms with van der Waals surface area (Å²) in [7, 11) is -3.53. The summed E-state index contributed by atoms with van der Waals surface area (Å²) in [5.74, 6) is 0.329. The molecule has 2 aromatic rings. The van der Waals surface area contributed by atoms with E-state index in [2.05, 4.69) is 0 Å². The molecule has 196 valence electrons. The number of amides is 1. The Morgan fingerprint density at radius 1 is 0.889 bits per heavy atom. The van der Waals surface area contributed by atoms with Gasteiger partial charge in [-0.25, -0.2) is 17.5 Å². The summed E-state index contributed by atoms with van der Waals surface area (Å²) in [4.78, 5) is 13.9. The van der Waals surface area contributed by atoms with Crippen LogP contribution in [0.4, 0.5) is 18.0 Å². The van der Waals surface area contributed by atoms with Crippen LogP contribution in [0.15, 0.2) is 54.6 Å². The van der Waals surface area contributed by atoms with Crippen molar-refractivity contribution in [3.63, 3.8) is 0 Å². The van der Waals surface area contributed by atoms with Crippen molar-refractivity contribution in [2.45, 2.75) is 49.8 Å². The number of nitrogens with zero attached hydrogens (tertiary/aromatic N) is 2. The lowest BCUT2D eigenvalue weighted by atomic mass is 10.1. The lowest BCUT2D eigenvalue weighted by Crippen LogP contribution is -2.49. The van der Waals surface area contributed by atoms with Gasteiger partial charge in [0.2, 0.25) is 10.0 Å². The number of carbonyl (C=O) groups excluding carboxylic acids is 1. The number of hydrogen-bond acceptors (Lipinski definition) is 5. The van der Waals surface area contributed by atoms with Gasteiger partial charge in [-0.05, 0) is 55.5 Å². The van der Waals surface area contributed by atoms with Crippen molar-refractivity contribution >= 4 is 16.1 Å². The lowest BCUT2D eigenvalue weighted by Gasteiger charge is -2.37. The number of benzene rings is 2. The van der Waals surface area contributed by atoms with Crippen molar-refractivity contribution in [3.8, 4) is 5.75 Å². The van der Waals surface area contributed by atoms with Crippen LogP contribution < -0.4 is 4.74 Å². The van der Waals surface area contributed by atoms with Gasteiger partial charge >= 0.3 is 12.3 Å². The van der Waals surface area contributed by atoms with Crippen LogP contribution >= 0.6 is 0 Å². The molecule has 0 N–H and O–H groups in total. The number of ether oxygens (including phenoxy) is 2. The minimum Gasteiger partial charge on any atom is -0.490 e. The van der Waals surface area contributed by atoms with Gasteiger partial charge in [0, 0.05) is 26.2 Å². The van der Waals surface area contributed by atoms with Crippen LogP contribution in [0.5, 0.6) is 5.75 Å². The first-order chi connectivity index (χ1) is 17.1. The Bertz CT molecular complexity index is 1110. The van der Waals surface area contributed by atoms with E-state index in [1.165, 1.54) is 16.4 Å². The highest BCUT2D eigenvalue weighted by atomic mass is 32.2. The van der Waals surface area contributed by atoms with Crippen LogP contribution in [-0.4, -0.2) is 61.2 Å². The van der Waals surface area contributed by atoms with Crippen molar-refractivity contribution in [2.75, 3.05) is 26.2 Å². The van der Waals surface area contributed by atoms with Crippen molar-refractivity contribution in [1.82, 2.24) is 9.21 Å². The van der Waals surface area contributed by atoms with Crippen LogP contribution in [-0.2, 0) is 27.5 Å². The normalized spacial score (nSPS) is 18.7. The summed E-state index contributed by atoms with van der Waals surface area (Å²) in [5.41, 5.74) is 0.139. The minimum atomic E-state index is -4.41. The van der Waals surface area contributed by atoms with Crippen molar-refractivity contribution < 1.29 is 35.9 Å². The molecule has 2 fully saturated rings. The number of likely N-dealkylation sites (tertiary alicyclic amines) is 1. The molecule has 2 saturated heterocycles. The predicted octanol–water partition coefficient (Wildman–Crippen LogP) is 4.68. The SMILES string of the molecule is O=C(OCc1ccccc1)N1CCC(S(=O)(=O)N2CCC(Oc3ccc(C(F)(F)F)cc3)CC2)CC1. The van der Waals surface area contributed by atoms with Gasteiger partial charge in [-0.15, -0.1) is 0 Å². The molecule has 0 unspecified atom stereocenters. The topological polar surface area (TPSA) is 76.2 Å². The fourth-order valence-electron chi connectivity index (χ4n) is 4.48. The molecule has 2 aliphatic heterocycles. The first-order valence-corrected chi connectivity index (χ1v) is 13.4. The number of sulfonamides is 1. The largest absolute Gasteiger partial charge is 0.490 e. The van der Waals surface area contributed by atoms with Crippen LogP contribution in [0.1, 0.15) is 36.8 Å². The van der Waals surface area contributed by atoms with Crippen molar-refractivity contribution in [3.05, 3.63) is 65.7 Å². The van der Waals surface area contributed by atoms with Gasteiger partial charge in [-0.1, -0.05) is 30.3 Å². The molecule has 0 aliphatic carbocycles. The third kappa shape index (κ3) is 6.50. The summed E-state index contributed by atoms with van der Waals surface area (Å²) >= 11 is 0. The zero-order chi connectivity index (χ0) is 25.8. The van der Waals surface area contributed by atoms with Gasteiger partial charge < -0.3 is 14.4 Å². The van der Waals surface area contributed by atoms with Crippen LogP contribution in [0.2, 0.25) is 0 Å². The summed E-state index contributed by atoms with van der Waals surface area (Å²) in [6.45, 7) is 1.36. The number of halogens is 3. The third-order valence-corrected chi connectivity index (χ3v) is 8.97. The van der Waals surface area contributed by atoms with E-state index >= 15 is 0 Å². The van der Waals surface area contributed by atoms with Gasteiger partial charge in [-0.2, -0.15) is 13.2 Å². The number of carbonyl (C=O) groups is 1. The standard InChI is InChI=1S/C25H29F3N2O5S/c26-25(27,28)20-6-8-21(9-7-20)35-22-10-16-30(17-11-22)36(32,33)23-12-14-29(15-13-23)24(31)34-18-19-4-2-1-3-5-19/h1-9,22-23H,10-18H2. The van der Waals surface area contributed by atoms with Crippen LogP contribution in [0.25, 0.3) is 0 Å². The second-order valence-electron chi connectivity index (χ2n) is 9.01. The average Bonchev–Trinajstić information content (AvgIpc) is 2.88. The summed E-state index contributed by atoms with van der Waals surface area (Å²) < 4.78 is 77.1. The average molecular weight is 527 g/mol. The van der Waals surface area contributed by atoms with Gasteiger partial charge in [0.05, 0.1) is 10.8 Å². The molecule has 0 spiro atoms. The molecule has 1 amide bonds. The van der Waals surface area contributed by atoms with E-state index in [1.807, 2.05) is 30.3 Å². The highest BCUT2D eigenvalue weighted by Crippen LogP contribution is 2.31. The number of alkyl halides is 3. The molecule has 0 radical (unpaired) electrons. The molecule has 0 aromatic heterocycles. The Morgan fingerprint density at radius 3 is 2.08 bits per heavy atom. The lowest BCUT2D eigenvalue weighted by molar-refractivity contribution is -0.137. The quantitative estimate of drug-likeness (QED) is 0.547. The second-order valence-corrected chi connectivity index (χ2v) is 11.2. The van der Waals surface area contributed by atoms with Crippen LogP contribution in [0.3, 0.4) is 0 Å². The maximum atomic E-state index is 13.2. The molecule has 7 nitrogen and oxygen atoms in total. The molecular formula is C25H29F3N2O5S. The van der Waals surface area contributed by atoms with Gasteiger partial charge in [0.15, 0.2) is 0 Å². The highest BCUT2D eigenvalue weighted by Gasteiger charge is 2.38. The maximum Gasteiger partial charge on any atom is 0.416 e. The predicted molar refractivity (Wildman–Crippen MR) is 127 cm³/mol. The second kappa shape index (κ2) is 11.1. The molecular weight excluding hydrogens is 497 g/mol. The summed E-state index contributed by atoms with van der Waals surface area (Å²) in [5, 5.41) is -0.567. The molecule has 0 saturated carbocycles. The van der Waals surface area contributed by atoms with E-state index in [-0.39, 0.29) is 25.8 Å². The fraction of sp³-hybridized carbons (Fsp3) is 0.480. The Hall–Kier alpha value is -2.79. The smallest absolute Gasteiger partial charge is 0.416 e. The van der Waals surface area contributed by atoms with E-state index in [0.29, 0.717) is 44.5 Å².